The fraction of sp³-hybridized carbons (Fsp3) is 0.652. The van der Waals surface area contributed by atoms with Gasteiger partial charge in [0.05, 0.1) is 6.61 Å². The van der Waals surface area contributed by atoms with Gasteiger partial charge < -0.3 is 15.4 Å². The van der Waals surface area contributed by atoms with Crippen molar-refractivity contribution in [2.75, 3.05) is 26.2 Å². The van der Waals surface area contributed by atoms with Crippen LogP contribution in [-0.4, -0.2) is 47.4 Å². The number of likely N-dealkylation sites (tertiary alicyclic amines) is 1. The van der Waals surface area contributed by atoms with Crippen molar-refractivity contribution in [1.29, 1.82) is 0 Å². The number of thiocarbonyl (C=S) groups is 2. The zero-order chi connectivity index (χ0) is 21.7. The summed E-state index contributed by atoms with van der Waals surface area (Å²) in [4.78, 5) is 2.53. The fourth-order valence-electron chi connectivity index (χ4n) is 4.20. The molecule has 6 nitrogen and oxygen atoms in total. The summed E-state index contributed by atoms with van der Waals surface area (Å²) in [6.45, 7) is 4.83. The molecular formula is C23H37N5OS2. The van der Waals surface area contributed by atoms with Crippen LogP contribution in [0.4, 0.5) is 0 Å². The van der Waals surface area contributed by atoms with Gasteiger partial charge in [0.1, 0.15) is 5.75 Å². The SMILES string of the molecule is S=C(NCCCOc1cccc(CN2CCCCC2)c1)NNC(=S)NC1CCCCC1. The molecule has 0 amide bonds. The molecule has 3 rings (SSSR count). The maximum Gasteiger partial charge on any atom is 0.185 e. The Bertz CT molecular complexity index is 690. The van der Waals surface area contributed by atoms with E-state index in [-0.39, 0.29) is 0 Å². The molecular weight excluding hydrogens is 426 g/mol. The minimum Gasteiger partial charge on any atom is -0.494 e. The third-order valence-electron chi connectivity index (χ3n) is 5.86. The minimum absolute atomic E-state index is 0.479. The Morgan fingerprint density at radius 3 is 2.52 bits per heavy atom. The number of hydrogen-bond donors (Lipinski definition) is 4. The van der Waals surface area contributed by atoms with Gasteiger partial charge in [-0.2, -0.15) is 0 Å². The topological polar surface area (TPSA) is 60.6 Å². The quantitative estimate of drug-likeness (QED) is 0.265. The molecule has 1 aromatic carbocycles. The zero-order valence-electron chi connectivity index (χ0n) is 18.5. The molecule has 0 atom stereocenters. The molecule has 31 heavy (non-hydrogen) atoms. The summed E-state index contributed by atoms with van der Waals surface area (Å²) in [5.41, 5.74) is 7.24. The number of nitrogens with one attached hydrogen (secondary N) is 4. The van der Waals surface area contributed by atoms with Crippen LogP contribution in [0.25, 0.3) is 0 Å². The maximum atomic E-state index is 5.93. The van der Waals surface area contributed by atoms with Crippen LogP contribution in [0.2, 0.25) is 0 Å². The van der Waals surface area contributed by atoms with Crippen molar-refractivity contribution in [2.24, 2.45) is 0 Å². The average Bonchev–Trinajstić information content (AvgIpc) is 2.79. The van der Waals surface area contributed by atoms with Gasteiger partial charge in [0, 0.05) is 19.1 Å². The van der Waals surface area contributed by atoms with Crippen molar-refractivity contribution in [3.8, 4) is 5.75 Å². The molecule has 1 heterocycles. The van der Waals surface area contributed by atoms with E-state index in [1.54, 1.807) is 0 Å². The van der Waals surface area contributed by atoms with Crippen molar-refractivity contribution in [2.45, 2.75) is 70.4 Å². The summed E-state index contributed by atoms with van der Waals surface area (Å²) in [7, 11) is 0. The van der Waals surface area contributed by atoms with E-state index in [9.17, 15) is 0 Å². The van der Waals surface area contributed by atoms with E-state index in [0.29, 0.717) is 22.9 Å². The molecule has 0 radical (unpaired) electrons. The van der Waals surface area contributed by atoms with Gasteiger partial charge in [0.2, 0.25) is 0 Å². The summed E-state index contributed by atoms with van der Waals surface area (Å²) >= 11 is 10.6. The van der Waals surface area contributed by atoms with E-state index in [1.807, 2.05) is 6.07 Å². The average molecular weight is 464 g/mol. The number of rotatable bonds is 8. The summed E-state index contributed by atoms with van der Waals surface area (Å²) in [6.07, 6.45) is 11.1. The highest BCUT2D eigenvalue weighted by Gasteiger charge is 2.14. The Balaban J connectivity index is 1.24. The smallest absolute Gasteiger partial charge is 0.185 e. The molecule has 1 aromatic rings. The summed E-state index contributed by atoms with van der Waals surface area (Å²) < 4.78 is 5.93. The largest absolute Gasteiger partial charge is 0.494 e. The van der Waals surface area contributed by atoms with Crippen LogP contribution < -0.4 is 26.2 Å². The predicted octanol–water partition coefficient (Wildman–Crippen LogP) is 3.62. The number of hydrazine groups is 1. The second kappa shape index (κ2) is 13.7. The number of hydrogen-bond acceptors (Lipinski definition) is 4. The summed E-state index contributed by atoms with van der Waals surface area (Å²) in [5, 5.41) is 7.66. The molecule has 2 fully saturated rings. The second-order valence-corrected chi connectivity index (χ2v) is 9.32. The Morgan fingerprint density at radius 1 is 0.968 bits per heavy atom. The second-order valence-electron chi connectivity index (χ2n) is 8.50. The standard InChI is InChI=1S/C23H37N5OS2/c30-22(26-27-23(31)25-20-10-3-1-4-11-20)24-13-8-16-29-21-12-7-9-19(17-21)18-28-14-5-2-6-15-28/h7,9,12,17,20H,1-6,8,10-11,13-16,18H2,(H2,24,26,30)(H2,25,27,31). The Kier molecular flexibility index (Phi) is 10.6. The predicted molar refractivity (Wildman–Crippen MR) is 135 cm³/mol. The highest BCUT2D eigenvalue weighted by Crippen LogP contribution is 2.18. The molecule has 0 bridgehead atoms. The summed E-state index contributed by atoms with van der Waals surface area (Å²) in [6, 6.07) is 8.95. The van der Waals surface area contributed by atoms with Crippen molar-refractivity contribution in [3.05, 3.63) is 29.8 Å². The Labute approximate surface area is 197 Å². The third-order valence-corrected chi connectivity index (χ3v) is 6.32. The van der Waals surface area contributed by atoms with Crippen LogP contribution in [0.3, 0.4) is 0 Å². The first-order chi connectivity index (χ1) is 15.2. The first-order valence-corrected chi connectivity index (χ1v) is 12.5. The van der Waals surface area contributed by atoms with Gasteiger partial charge in [0.25, 0.3) is 0 Å². The van der Waals surface area contributed by atoms with Crippen molar-refractivity contribution < 1.29 is 4.74 Å². The number of ether oxygens (including phenoxy) is 1. The van der Waals surface area contributed by atoms with E-state index >= 15 is 0 Å². The highest BCUT2D eigenvalue weighted by molar-refractivity contribution is 7.80. The minimum atomic E-state index is 0.479. The summed E-state index contributed by atoms with van der Waals surface area (Å²) in [5.74, 6) is 0.941. The van der Waals surface area contributed by atoms with E-state index in [4.69, 9.17) is 29.2 Å². The van der Waals surface area contributed by atoms with Crippen LogP contribution in [0.5, 0.6) is 5.75 Å². The molecule has 0 aromatic heterocycles. The molecule has 1 aliphatic carbocycles. The molecule has 2 aliphatic rings. The van der Waals surface area contributed by atoms with Crippen molar-refractivity contribution in [1.82, 2.24) is 26.4 Å². The van der Waals surface area contributed by atoms with Gasteiger partial charge in [-0.05, 0) is 87.3 Å². The number of benzene rings is 1. The van der Waals surface area contributed by atoms with Gasteiger partial charge >= 0.3 is 0 Å². The highest BCUT2D eigenvalue weighted by atomic mass is 32.1. The molecule has 1 saturated carbocycles. The third kappa shape index (κ3) is 9.58. The van der Waals surface area contributed by atoms with Crippen LogP contribution in [0, 0.1) is 0 Å². The van der Waals surface area contributed by atoms with E-state index in [1.165, 1.54) is 70.0 Å². The van der Waals surface area contributed by atoms with Crippen molar-refractivity contribution >= 4 is 34.7 Å². The lowest BCUT2D eigenvalue weighted by Crippen LogP contribution is -2.52. The Hall–Kier alpha value is -1.64. The monoisotopic (exact) mass is 463 g/mol. The molecule has 0 unspecified atom stereocenters. The first-order valence-electron chi connectivity index (χ1n) is 11.7. The number of nitrogens with zero attached hydrogens (tertiary/aromatic N) is 1. The van der Waals surface area contributed by atoms with Gasteiger partial charge in [-0.15, -0.1) is 0 Å². The fourth-order valence-corrected chi connectivity index (χ4v) is 4.57. The van der Waals surface area contributed by atoms with Gasteiger partial charge in [-0.25, -0.2) is 0 Å². The lowest BCUT2D eigenvalue weighted by Gasteiger charge is -2.26. The molecule has 1 saturated heterocycles. The van der Waals surface area contributed by atoms with Gasteiger partial charge in [-0.1, -0.05) is 37.8 Å². The zero-order valence-corrected chi connectivity index (χ0v) is 20.1. The van der Waals surface area contributed by atoms with Crippen LogP contribution in [0.1, 0.15) is 63.4 Å². The molecule has 0 spiro atoms. The first kappa shape index (κ1) is 24.0. The normalized spacial score (nSPS) is 17.5. The van der Waals surface area contributed by atoms with Crippen LogP contribution >= 0.6 is 24.4 Å². The van der Waals surface area contributed by atoms with Gasteiger partial charge in [-0.3, -0.25) is 15.8 Å². The van der Waals surface area contributed by atoms with E-state index in [0.717, 1.165) is 25.3 Å². The lowest BCUT2D eigenvalue weighted by atomic mass is 9.96. The maximum absolute atomic E-state index is 5.93. The molecule has 8 heteroatoms. The molecule has 172 valence electrons. The van der Waals surface area contributed by atoms with E-state index in [2.05, 4.69) is 44.6 Å². The molecule has 1 aliphatic heterocycles. The lowest BCUT2D eigenvalue weighted by molar-refractivity contribution is 0.220. The van der Waals surface area contributed by atoms with E-state index < -0.39 is 0 Å². The van der Waals surface area contributed by atoms with Crippen LogP contribution in [-0.2, 0) is 6.54 Å². The van der Waals surface area contributed by atoms with Gasteiger partial charge in [0.15, 0.2) is 10.2 Å². The molecule has 4 N–H and O–H groups in total. The van der Waals surface area contributed by atoms with Crippen molar-refractivity contribution in [3.63, 3.8) is 0 Å². The Morgan fingerprint density at radius 2 is 1.71 bits per heavy atom. The van der Waals surface area contributed by atoms with Crippen LogP contribution in [0.15, 0.2) is 24.3 Å². The number of piperidine rings is 1.